The minimum atomic E-state index is -0.998. The summed E-state index contributed by atoms with van der Waals surface area (Å²) >= 11 is 0. The SMILES string of the molecule is CCNC(=O)C(Cc1ccc(O)cc1)NC(=O)[C@H](CC(C)C)NC(=O)C1OC1C(=O)OCC. The lowest BCUT2D eigenvalue weighted by atomic mass is 10.0. The van der Waals surface area contributed by atoms with Crippen molar-refractivity contribution in [2.45, 2.75) is 64.8 Å². The van der Waals surface area contributed by atoms with E-state index in [4.69, 9.17) is 9.47 Å². The van der Waals surface area contributed by atoms with E-state index in [1.165, 1.54) is 12.1 Å². The number of phenolic OH excluding ortho intramolecular Hbond substituents is 1. The van der Waals surface area contributed by atoms with Crippen LogP contribution in [0.3, 0.4) is 0 Å². The van der Waals surface area contributed by atoms with Gasteiger partial charge in [0.15, 0.2) is 12.2 Å². The number of phenols is 1. The smallest absolute Gasteiger partial charge is 0.338 e. The first-order valence-electron chi connectivity index (χ1n) is 11.1. The Morgan fingerprint density at radius 3 is 2.24 bits per heavy atom. The molecule has 33 heavy (non-hydrogen) atoms. The first-order valence-corrected chi connectivity index (χ1v) is 11.1. The molecule has 0 radical (unpaired) electrons. The number of aromatic hydroxyl groups is 1. The van der Waals surface area contributed by atoms with Crippen molar-refractivity contribution in [1.29, 1.82) is 0 Å². The molecule has 1 aromatic rings. The number of rotatable bonds is 12. The first-order chi connectivity index (χ1) is 15.7. The van der Waals surface area contributed by atoms with Crippen LogP contribution in [0.5, 0.6) is 5.75 Å². The minimum Gasteiger partial charge on any atom is -0.508 e. The Balaban J connectivity index is 2.07. The molecule has 1 aliphatic rings. The van der Waals surface area contributed by atoms with Crippen LogP contribution in [0.15, 0.2) is 24.3 Å². The highest BCUT2D eigenvalue weighted by atomic mass is 16.6. The van der Waals surface area contributed by atoms with E-state index in [9.17, 15) is 24.3 Å². The fraction of sp³-hybridized carbons (Fsp3) is 0.565. The van der Waals surface area contributed by atoms with Gasteiger partial charge in [-0.1, -0.05) is 26.0 Å². The van der Waals surface area contributed by atoms with Crippen molar-refractivity contribution in [1.82, 2.24) is 16.0 Å². The highest BCUT2D eigenvalue weighted by Crippen LogP contribution is 2.24. The van der Waals surface area contributed by atoms with Crippen molar-refractivity contribution in [2.24, 2.45) is 5.92 Å². The van der Waals surface area contributed by atoms with E-state index in [0.717, 1.165) is 5.56 Å². The molecule has 0 bridgehead atoms. The molecule has 3 amide bonds. The number of amides is 3. The van der Waals surface area contributed by atoms with Gasteiger partial charge in [-0.25, -0.2) is 4.79 Å². The standard InChI is InChI=1S/C23H33N3O7/c1-5-24-20(28)17(12-14-7-9-15(27)10-8-14)25-21(29)16(11-13(3)4)26-22(30)18-19(33-18)23(31)32-6-2/h7-10,13,16-19,27H,5-6,11-12H2,1-4H3,(H,24,28)(H,25,29)(H,26,30)/t16-,17?,18?,19?/m0/s1. The largest absolute Gasteiger partial charge is 0.508 e. The number of benzene rings is 1. The predicted molar refractivity (Wildman–Crippen MR) is 119 cm³/mol. The zero-order valence-corrected chi connectivity index (χ0v) is 19.4. The van der Waals surface area contributed by atoms with Gasteiger partial charge in [0, 0.05) is 13.0 Å². The van der Waals surface area contributed by atoms with Gasteiger partial charge in [0.05, 0.1) is 6.61 Å². The van der Waals surface area contributed by atoms with E-state index < -0.39 is 42.1 Å². The number of ether oxygens (including phenoxy) is 2. The summed E-state index contributed by atoms with van der Waals surface area (Å²) < 4.78 is 9.96. The fourth-order valence-corrected chi connectivity index (χ4v) is 3.32. The Morgan fingerprint density at radius 1 is 1.00 bits per heavy atom. The summed E-state index contributed by atoms with van der Waals surface area (Å²) in [5.41, 5.74) is 0.748. The lowest BCUT2D eigenvalue weighted by Gasteiger charge is -2.24. The molecule has 1 heterocycles. The van der Waals surface area contributed by atoms with Gasteiger partial charge in [-0.2, -0.15) is 0 Å². The average Bonchev–Trinajstić information content (AvgIpc) is 3.55. The van der Waals surface area contributed by atoms with Crippen molar-refractivity contribution in [3.8, 4) is 5.75 Å². The van der Waals surface area contributed by atoms with Gasteiger partial charge in [-0.3, -0.25) is 14.4 Å². The molecule has 1 saturated heterocycles. The molecule has 10 nitrogen and oxygen atoms in total. The quantitative estimate of drug-likeness (QED) is 0.259. The molecule has 0 spiro atoms. The van der Waals surface area contributed by atoms with E-state index in [1.807, 2.05) is 13.8 Å². The summed E-state index contributed by atoms with van der Waals surface area (Å²) in [7, 11) is 0. The summed E-state index contributed by atoms with van der Waals surface area (Å²) in [6.45, 7) is 7.80. The van der Waals surface area contributed by atoms with Crippen LogP contribution in [-0.2, 0) is 35.1 Å². The zero-order valence-electron chi connectivity index (χ0n) is 19.4. The topological polar surface area (TPSA) is 146 Å². The molecule has 1 fully saturated rings. The van der Waals surface area contributed by atoms with Gasteiger partial charge in [0.25, 0.3) is 5.91 Å². The summed E-state index contributed by atoms with van der Waals surface area (Å²) in [4.78, 5) is 49.9. The van der Waals surface area contributed by atoms with Crippen LogP contribution in [0.25, 0.3) is 0 Å². The molecular formula is C23H33N3O7. The van der Waals surface area contributed by atoms with E-state index in [0.29, 0.717) is 13.0 Å². The highest BCUT2D eigenvalue weighted by molar-refractivity contribution is 5.96. The third kappa shape index (κ3) is 8.05. The Labute approximate surface area is 193 Å². The second-order valence-electron chi connectivity index (χ2n) is 8.25. The Bertz CT molecular complexity index is 841. The predicted octanol–water partition coefficient (Wildman–Crippen LogP) is 0.417. The lowest BCUT2D eigenvalue weighted by Crippen LogP contribution is -2.55. The molecule has 182 valence electrons. The molecule has 0 aromatic heterocycles. The summed E-state index contributed by atoms with van der Waals surface area (Å²) in [5, 5.41) is 17.5. The third-order valence-corrected chi connectivity index (χ3v) is 4.97. The number of esters is 1. The van der Waals surface area contributed by atoms with Gasteiger partial charge in [-0.05, 0) is 43.9 Å². The molecule has 4 N–H and O–H groups in total. The first kappa shape index (κ1) is 26.1. The summed E-state index contributed by atoms with van der Waals surface area (Å²) in [6, 6.07) is 4.55. The van der Waals surface area contributed by atoms with Gasteiger partial charge in [-0.15, -0.1) is 0 Å². The molecule has 0 aliphatic carbocycles. The molecule has 0 saturated carbocycles. The Kier molecular flexibility index (Phi) is 9.65. The van der Waals surface area contributed by atoms with Crippen LogP contribution in [-0.4, -0.2) is 66.2 Å². The van der Waals surface area contributed by atoms with Crippen molar-refractivity contribution >= 4 is 23.7 Å². The number of hydrogen-bond donors (Lipinski definition) is 4. The number of likely N-dealkylation sites (N-methyl/N-ethyl adjacent to an activating group) is 1. The van der Waals surface area contributed by atoms with Crippen LogP contribution in [0.4, 0.5) is 0 Å². The number of epoxide rings is 1. The molecule has 2 rings (SSSR count). The second kappa shape index (κ2) is 12.2. The van der Waals surface area contributed by atoms with E-state index in [2.05, 4.69) is 16.0 Å². The Hall–Kier alpha value is -3.14. The van der Waals surface area contributed by atoms with Crippen LogP contribution < -0.4 is 16.0 Å². The number of hydrogen-bond acceptors (Lipinski definition) is 7. The molecule has 10 heteroatoms. The van der Waals surface area contributed by atoms with E-state index in [-0.39, 0.29) is 30.6 Å². The maximum Gasteiger partial charge on any atom is 0.338 e. The molecular weight excluding hydrogens is 430 g/mol. The van der Waals surface area contributed by atoms with Gasteiger partial charge in [0.2, 0.25) is 11.8 Å². The monoisotopic (exact) mass is 463 g/mol. The van der Waals surface area contributed by atoms with Crippen LogP contribution in [0, 0.1) is 5.92 Å². The molecule has 3 unspecified atom stereocenters. The second-order valence-corrected chi connectivity index (χ2v) is 8.25. The van der Waals surface area contributed by atoms with Crippen LogP contribution in [0.1, 0.15) is 39.7 Å². The maximum atomic E-state index is 13.1. The summed E-state index contributed by atoms with van der Waals surface area (Å²) in [5.74, 6) is -1.90. The Morgan fingerprint density at radius 2 is 1.67 bits per heavy atom. The van der Waals surface area contributed by atoms with Crippen LogP contribution in [0.2, 0.25) is 0 Å². The highest BCUT2D eigenvalue weighted by Gasteiger charge is 2.52. The maximum absolute atomic E-state index is 13.1. The van der Waals surface area contributed by atoms with Crippen molar-refractivity contribution in [2.75, 3.05) is 13.2 Å². The number of nitrogens with one attached hydrogen (secondary N) is 3. The van der Waals surface area contributed by atoms with Gasteiger partial charge < -0.3 is 30.5 Å². The number of carbonyl (C=O) groups is 4. The van der Waals surface area contributed by atoms with Crippen molar-refractivity contribution in [3.63, 3.8) is 0 Å². The lowest BCUT2D eigenvalue weighted by molar-refractivity contribution is -0.144. The van der Waals surface area contributed by atoms with E-state index >= 15 is 0 Å². The van der Waals surface area contributed by atoms with Crippen LogP contribution >= 0.6 is 0 Å². The third-order valence-electron chi connectivity index (χ3n) is 4.97. The molecule has 1 aliphatic heterocycles. The van der Waals surface area contributed by atoms with Crippen molar-refractivity contribution < 1.29 is 33.8 Å². The summed E-state index contributed by atoms with van der Waals surface area (Å²) in [6.07, 6.45) is -1.43. The molecule has 4 atom stereocenters. The minimum absolute atomic E-state index is 0.0713. The van der Waals surface area contributed by atoms with Crippen molar-refractivity contribution in [3.05, 3.63) is 29.8 Å². The van der Waals surface area contributed by atoms with Gasteiger partial charge >= 0.3 is 5.97 Å². The normalized spacial score (nSPS) is 18.7. The van der Waals surface area contributed by atoms with Gasteiger partial charge in [0.1, 0.15) is 17.8 Å². The van der Waals surface area contributed by atoms with E-state index in [1.54, 1.807) is 26.0 Å². The zero-order chi connectivity index (χ0) is 24.5. The number of carbonyl (C=O) groups excluding carboxylic acids is 4. The molecule has 1 aromatic carbocycles. The average molecular weight is 464 g/mol. The fourth-order valence-electron chi connectivity index (χ4n) is 3.32.